The van der Waals surface area contributed by atoms with Gasteiger partial charge in [-0.15, -0.1) is 0 Å². The van der Waals surface area contributed by atoms with Gasteiger partial charge in [0.15, 0.2) is 9.84 Å². The van der Waals surface area contributed by atoms with Crippen molar-refractivity contribution in [1.29, 1.82) is 0 Å². The Balaban J connectivity index is 2.06. The lowest BCUT2D eigenvalue weighted by Gasteiger charge is -2.07. The molecule has 1 aliphatic rings. The van der Waals surface area contributed by atoms with Gasteiger partial charge in [-0.3, -0.25) is 4.79 Å². The van der Waals surface area contributed by atoms with Crippen LogP contribution in [-0.2, 0) is 14.6 Å². The van der Waals surface area contributed by atoms with Gasteiger partial charge in [-0.1, -0.05) is 20.8 Å². The van der Waals surface area contributed by atoms with Crippen LogP contribution in [0.15, 0.2) is 29.2 Å². The molecule has 1 aromatic rings. The molecule has 1 aromatic carbocycles. The predicted octanol–water partition coefficient (Wildman–Crippen LogP) is 2.46. The fourth-order valence-electron chi connectivity index (χ4n) is 2.06. The van der Waals surface area contributed by atoms with Gasteiger partial charge >= 0.3 is 0 Å². The zero-order valence-corrected chi connectivity index (χ0v) is 12.3. The van der Waals surface area contributed by atoms with Crippen LogP contribution >= 0.6 is 0 Å². The molecule has 4 nitrogen and oxygen atoms in total. The molecule has 1 atom stereocenters. The number of amides is 1. The number of carbonyl (C=O) groups is 1. The summed E-state index contributed by atoms with van der Waals surface area (Å²) in [6, 6.07) is 6.34. The zero-order valence-electron chi connectivity index (χ0n) is 11.4. The Morgan fingerprint density at radius 2 is 1.84 bits per heavy atom. The van der Waals surface area contributed by atoms with E-state index in [1.807, 2.05) is 0 Å². The molecule has 2 rings (SSSR count). The van der Waals surface area contributed by atoms with E-state index in [2.05, 4.69) is 19.2 Å². The highest BCUT2D eigenvalue weighted by molar-refractivity contribution is 7.91. The number of sulfone groups is 1. The second kappa shape index (κ2) is 4.63. The van der Waals surface area contributed by atoms with Crippen molar-refractivity contribution in [2.75, 3.05) is 11.1 Å². The lowest BCUT2D eigenvalue weighted by atomic mass is 10.1. The molecule has 1 N–H and O–H groups in total. The van der Waals surface area contributed by atoms with Gasteiger partial charge in [-0.25, -0.2) is 8.42 Å². The standard InChI is InChI=1S/C14H19NO3S/c1-4-19(17,18)11-7-5-10(6-8-11)15-13(16)12-9-14(12,2)3/h5-8,12H,4,9H2,1-3H3,(H,15,16). The number of nitrogens with one attached hydrogen (secondary N) is 1. The third-order valence-corrected chi connectivity index (χ3v) is 5.44. The minimum absolute atomic E-state index is 0.0103. The Morgan fingerprint density at radius 1 is 1.32 bits per heavy atom. The topological polar surface area (TPSA) is 63.2 Å². The number of hydrogen-bond acceptors (Lipinski definition) is 3. The van der Waals surface area contributed by atoms with Crippen molar-refractivity contribution in [3.8, 4) is 0 Å². The van der Waals surface area contributed by atoms with Gasteiger partial charge in [0.1, 0.15) is 0 Å². The highest BCUT2D eigenvalue weighted by Gasteiger charge is 2.50. The van der Waals surface area contributed by atoms with E-state index < -0.39 is 9.84 Å². The van der Waals surface area contributed by atoms with Crippen molar-refractivity contribution in [3.63, 3.8) is 0 Å². The first kappa shape index (κ1) is 14.1. The molecule has 0 bridgehead atoms. The predicted molar refractivity (Wildman–Crippen MR) is 74.7 cm³/mol. The van der Waals surface area contributed by atoms with Crippen LogP contribution in [0.3, 0.4) is 0 Å². The number of hydrogen-bond donors (Lipinski definition) is 1. The molecule has 0 radical (unpaired) electrons. The number of carbonyl (C=O) groups excluding carboxylic acids is 1. The SMILES string of the molecule is CCS(=O)(=O)c1ccc(NC(=O)C2CC2(C)C)cc1. The van der Waals surface area contributed by atoms with Crippen molar-refractivity contribution in [3.05, 3.63) is 24.3 Å². The summed E-state index contributed by atoms with van der Waals surface area (Å²) < 4.78 is 23.3. The number of rotatable bonds is 4. The highest BCUT2D eigenvalue weighted by Crippen LogP contribution is 2.51. The van der Waals surface area contributed by atoms with Gasteiger partial charge in [-0.05, 0) is 36.1 Å². The van der Waals surface area contributed by atoms with Gasteiger partial charge in [0, 0.05) is 11.6 Å². The minimum atomic E-state index is -3.18. The van der Waals surface area contributed by atoms with E-state index >= 15 is 0 Å². The molecule has 0 saturated heterocycles. The monoisotopic (exact) mass is 281 g/mol. The summed E-state index contributed by atoms with van der Waals surface area (Å²) in [4.78, 5) is 12.2. The van der Waals surface area contributed by atoms with Crippen LogP contribution in [0.2, 0.25) is 0 Å². The number of anilines is 1. The minimum Gasteiger partial charge on any atom is -0.326 e. The van der Waals surface area contributed by atoms with Crippen LogP contribution in [0.1, 0.15) is 27.2 Å². The fourth-order valence-corrected chi connectivity index (χ4v) is 2.94. The maximum atomic E-state index is 11.9. The number of benzene rings is 1. The lowest BCUT2D eigenvalue weighted by molar-refractivity contribution is -0.118. The molecule has 0 spiro atoms. The lowest BCUT2D eigenvalue weighted by Crippen LogP contribution is -2.16. The molecule has 19 heavy (non-hydrogen) atoms. The quantitative estimate of drug-likeness (QED) is 0.922. The summed E-state index contributed by atoms with van der Waals surface area (Å²) in [5.41, 5.74) is 0.734. The van der Waals surface area contributed by atoms with E-state index in [-0.39, 0.29) is 23.0 Å². The summed E-state index contributed by atoms with van der Waals surface area (Å²) in [6.45, 7) is 5.74. The van der Waals surface area contributed by atoms with E-state index in [4.69, 9.17) is 0 Å². The molecule has 1 aliphatic carbocycles. The normalized spacial score (nSPS) is 20.9. The largest absolute Gasteiger partial charge is 0.326 e. The molecule has 5 heteroatoms. The van der Waals surface area contributed by atoms with E-state index in [1.54, 1.807) is 19.1 Å². The third kappa shape index (κ3) is 2.97. The molecule has 0 heterocycles. The Labute approximate surface area is 114 Å². The first-order valence-electron chi connectivity index (χ1n) is 6.40. The van der Waals surface area contributed by atoms with Crippen molar-refractivity contribution in [2.45, 2.75) is 32.1 Å². The van der Waals surface area contributed by atoms with Crippen LogP contribution in [0, 0.1) is 11.3 Å². The zero-order chi connectivity index (χ0) is 14.3. The smallest absolute Gasteiger partial charge is 0.228 e. The molecule has 104 valence electrons. The summed E-state index contributed by atoms with van der Waals surface area (Å²) >= 11 is 0. The molecule has 1 fully saturated rings. The van der Waals surface area contributed by atoms with Gasteiger partial charge < -0.3 is 5.32 Å². The van der Waals surface area contributed by atoms with Crippen LogP contribution in [0.5, 0.6) is 0 Å². The molecule has 1 saturated carbocycles. The van der Waals surface area contributed by atoms with Crippen molar-refractivity contribution in [2.24, 2.45) is 11.3 Å². The van der Waals surface area contributed by atoms with Gasteiger partial charge in [0.05, 0.1) is 10.6 Å². The van der Waals surface area contributed by atoms with E-state index in [0.29, 0.717) is 10.6 Å². The summed E-state index contributed by atoms with van der Waals surface area (Å²) in [7, 11) is -3.18. The van der Waals surface area contributed by atoms with E-state index in [1.165, 1.54) is 12.1 Å². The Kier molecular flexibility index (Phi) is 3.43. The molecular formula is C14H19NO3S. The van der Waals surface area contributed by atoms with E-state index in [0.717, 1.165) is 6.42 Å². The van der Waals surface area contributed by atoms with Crippen molar-refractivity contribution >= 4 is 21.4 Å². The molecule has 1 unspecified atom stereocenters. The Morgan fingerprint density at radius 3 is 2.26 bits per heavy atom. The summed E-state index contributed by atoms with van der Waals surface area (Å²) in [5.74, 6) is 0.150. The Hall–Kier alpha value is -1.36. The molecular weight excluding hydrogens is 262 g/mol. The highest BCUT2D eigenvalue weighted by atomic mass is 32.2. The first-order valence-corrected chi connectivity index (χ1v) is 8.05. The van der Waals surface area contributed by atoms with Crippen LogP contribution < -0.4 is 5.32 Å². The van der Waals surface area contributed by atoms with Gasteiger partial charge in [0.2, 0.25) is 5.91 Å². The second-order valence-electron chi connectivity index (χ2n) is 5.66. The van der Waals surface area contributed by atoms with Crippen LogP contribution in [0.4, 0.5) is 5.69 Å². The Bertz CT molecular complexity index is 588. The molecule has 0 aromatic heterocycles. The molecule has 1 amide bonds. The van der Waals surface area contributed by atoms with Crippen molar-refractivity contribution < 1.29 is 13.2 Å². The van der Waals surface area contributed by atoms with Crippen molar-refractivity contribution in [1.82, 2.24) is 0 Å². The third-order valence-electron chi connectivity index (χ3n) is 3.69. The maximum absolute atomic E-state index is 11.9. The van der Waals surface area contributed by atoms with E-state index in [9.17, 15) is 13.2 Å². The fraction of sp³-hybridized carbons (Fsp3) is 0.500. The van der Waals surface area contributed by atoms with Gasteiger partial charge in [-0.2, -0.15) is 0 Å². The van der Waals surface area contributed by atoms with Crippen LogP contribution in [-0.4, -0.2) is 20.1 Å². The van der Waals surface area contributed by atoms with Gasteiger partial charge in [0.25, 0.3) is 0 Å². The second-order valence-corrected chi connectivity index (χ2v) is 7.94. The van der Waals surface area contributed by atoms with Crippen LogP contribution in [0.25, 0.3) is 0 Å². The summed E-state index contributed by atoms with van der Waals surface area (Å²) in [6.07, 6.45) is 0.904. The average Bonchev–Trinajstić information content (AvgIpc) is 2.99. The maximum Gasteiger partial charge on any atom is 0.228 e. The first-order chi connectivity index (χ1) is 8.76. The summed E-state index contributed by atoms with van der Waals surface area (Å²) in [5, 5.41) is 2.82. The molecule has 0 aliphatic heterocycles. The average molecular weight is 281 g/mol.